The van der Waals surface area contributed by atoms with Crippen molar-refractivity contribution in [3.63, 3.8) is 0 Å². The number of halogens is 3. The van der Waals surface area contributed by atoms with E-state index in [4.69, 9.17) is 4.74 Å². The highest BCUT2D eigenvalue weighted by Gasteiger charge is 2.50. The maximum Gasteiger partial charge on any atom is 0.416 e. The lowest BCUT2D eigenvalue weighted by Gasteiger charge is -2.46. The number of amides is 1. The van der Waals surface area contributed by atoms with Crippen LogP contribution in [0.1, 0.15) is 90.3 Å². The lowest BCUT2D eigenvalue weighted by atomic mass is 9.62. The molecule has 1 aromatic heterocycles. The molecule has 6 rings (SSSR count). The molecule has 3 aromatic rings. The largest absolute Gasteiger partial charge is 0.416 e. The molecule has 1 atom stereocenters. The van der Waals surface area contributed by atoms with E-state index in [1.54, 1.807) is 25.6 Å². The Kier molecular flexibility index (Phi) is 6.77. The van der Waals surface area contributed by atoms with Crippen LogP contribution in [0.5, 0.6) is 0 Å². The highest BCUT2D eigenvalue weighted by Crippen LogP contribution is 2.50. The number of hydrogen-bond donors (Lipinski definition) is 1. The van der Waals surface area contributed by atoms with E-state index >= 15 is 0 Å². The Balaban J connectivity index is 1.33. The Bertz CT molecular complexity index is 1470. The molecule has 218 valence electrons. The van der Waals surface area contributed by atoms with Gasteiger partial charge in [-0.1, -0.05) is 19.1 Å². The molecule has 41 heavy (non-hydrogen) atoms. The van der Waals surface area contributed by atoms with Crippen LogP contribution in [-0.4, -0.2) is 46.0 Å². The molecule has 1 unspecified atom stereocenters. The summed E-state index contributed by atoms with van der Waals surface area (Å²) in [6, 6.07) is 10.4. The summed E-state index contributed by atoms with van der Waals surface area (Å²) in [5.74, 6) is 0.204. The van der Waals surface area contributed by atoms with Crippen LogP contribution in [0.2, 0.25) is 0 Å². The smallest absolute Gasteiger partial charge is 0.381 e. The second kappa shape index (κ2) is 9.94. The Morgan fingerprint density at radius 3 is 2.56 bits per heavy atom. The molecule has 1 amide bonds. The lowest BCUT2D eigenvalue weighted by Crippen LogP contribution is -2.49. The monoisotopic (exact) mass is 567 g/mol. The van der Waals surface area contributed by atoms with Gasteiger partial charge in [0.15, 0.2) is 0 Å². The molecule has 3 aliphatic rings. The summed E-state index contributed by atoms with van der Waals surface area (Å²) in [4.78, 5) is 15.2. The van der Waals surface area contributed by atoms with E-state index in [0.717, 1.165) is 30.7 Å². The maximum atomic E-state index is 14.3. The highest BCUT2D eigenvalue weighted by molar-refractivity contribution is 6.10. The number of ether oxygens (including phenoxy) is 1. The van der Waals surface area contributed by atoms with E-state index in [0.29, 0.717) is 30.6 Å². The first-order valence-corrected chi connectivity index (χ1v) is 14.2. The summed E-state index contributed by atoms with van der Waals surface area (Å²) in [5.41, 5.74) is 1.05. The number of fused-ring (bicyclic) bond motifs is 1. The Hall–Kier alpha value is -3.24. The zero-order valence-electron chi connectivity index (χ0n) is 23.9. The van der Waals surface area contributed by atoms with Crippen LogP contribution in [0.4, 0.5) is 18.9 Å². The first-order chi connectivity index (χ1) is 19.4. The van der Waals surface area contributed by atoms with Gasteiger partial charge in [-0.15, -0.1) is 10.2 Å². The summed E-state index contributed by atoms with van der Waals surface area (Å²) < 4.78 is 50.5. The SMILES string of the molecule is COC1CC(c2cccc(N3Cc4c(cc(C(C)CNC5(C)CCC5)cc4C(F)(F)F)C3=O)c2)(c2nncn2C)C1. The maximum absolute atomic E-state index is 14.3. The molecule has 2 heterocycles. The van der Waals surface area contributed by atoms with Crippen molar-refractivity contribution in [3.05, 3.63) is 76.4 Å². The number of benzene rings is 2. The predicted octanol–water partition coefficient (Wildman–Crippen LogP) is 5.72. The second-order valence-corrected chi connectivity index (χ2v) is 12.3. The molecule has 2 aliphatic carbocycles. The van der Waals surface area contributed by atoms with Crippen LogP contribution in [0.15, 0.2) is 42.7 Å². The van der Waals surface area contributed by atoms with Crippen molar-refractivity contribution in [1.29, 1.82) is 0 Å². The molecule has 7 nitrogen and oxygen atoms in total. The van der Waals surface area contributed by atoms with Gasteiger partial charge in [0.05, 0.1) is 23.6 Å². The predicted molar refractivity (Wildman–Crippen MR) is 149 cm³/mol. The van der Waals surface area contributed by atoms with Gasteiger partial charge in [0.25, 0.3) is 5.91 Å². The minimum absolute atomic E-state index is 0.0360. The number of hydrogen-bond acceptors (Lipinski definition) is 5. The number of methoxy groups -OCH3 is 1. The first kappa shape index (κ1) is 27.9. The summed E-state index contributed by atoms with van der Waals surface area (Å²) in [7, 11) is 3.57. The quantitative estimate of drug-likeness (QED) is 0.377. The normalized spacial score (nSPS) is 24.1. The van der Waals surface area contributed by atoms with Crippen molar-refractivity contribution >= 4 is 11.6 Å². The van der Waals surface area contributed by atoms with Crippen molar-refractivity contribution in [1.82, 2.24) is 20.1 Å². The van der Waals surface area contributed by atoms with E-state index < -0.39 is 23.1 Å². The van der Waals surface area contributed by atoms with E-state index in [2.05, 4.69) is 22.4 Å². The van der Waals surface area contributed by atoms with Gasteiger partial charge in [-0.2, -0.15) is 13.2 Å². The molecule has 2 fully saturated rings. The van der Waals surface area contributed by atoms with Gasteiger partial charge in [-0.25, -0.2) is 0 Å². The van der Waals surface area contributed by atoms with Crippen molar-refractivity contribution < 1.29 is 22.7 Å². The molecule has 0 radical (unpaired) electrons. The van der Waals surface area contributed by atoms with E-state index in [1.165, 1.54) is 11.0 Å². The molecule has 1 N–H and O–H groups in total. The molecular weight excluding hydrogens is 531 g/mol. The summed E-state index contributed by atoms with van der Waals surface area (Å²) >= 11 is 0. The van der Waals surface area contributed by atoms with Crippen LogP contribution in [-0.2, 0) is 29.9 Å². The minimum Gasteiger partial charge on any atom is -0.381 e. The lowest BCUT2D eigenvalue weighted by molar-refractivity contribution is -0.138. The third-order valence-corrected chi connectivity index (χ3v) is 9.57. The van der Waals surface area contributed by atoms with Crippen LogP contribution in [0.25, 0.3) is 0 Å². The van der Waals surface area contributed by atoms with Gasteiger partial charge < -0.3 is 19.5 Å². The highest BCUT2D eigenvalue weighted by atomic mass is 19.4. The molecule has 0 spiro atoms. The number of alkyl halides is 3. The number of aryl methyl sites for hydroxylation is 1. The molecule has 2 saturated carbocycles. The van der Waals surface area contributed by atoms with Gasteiger partial charge in [0, 0.05) is 37.5 Å². The zero-order chi connectivity index (χ0) is 29.2. The average Bonchev–Trinajstić information content (AvgIpc) is 3.48. The Morgan fingerprint density at radius 2 is 1.95 bits per heavy atom. The number of nitrogens with one attached hydrogen (secondary N) is 1. The average molecular weight is 568 g/mol. The minimum atomic E-state index is -4.57. The number of carbonyl (C=O) groups excluding carboxylic acids is 1. The number of rotatable bonds is 8. The zero-order valence-corrected chi connectivity index (χ0v) is 23.9. The van der Waals surface area contributed by atoms with Gasteiger partial charge in [0.2, 0.25) is 0 Å². The number of anilines is 1. The molecule has 1 aliphatic heterocycles. The van der Waals surface area contributed by atoms with Gasteiger partial charge in [-0.05, 0) is 85.9 Å². The molecule has 0 saturated heterocycles. The number of aromatic nitrogens is 3. The fraction of sp³-hybridized carbons (Fsp3) is 0.516. The van der Waals surface area contributed by atoms with E-state index in [-0.39, 0.29) is 35.2 Å². The van der Waals surface area contributed by atoms with Gasteiger partial charge >= 0.3 is 6.18 Å². The summed E-state index contributed by atoms with van der Waals surface area (Å²) in [5, 5.41) is 12.0. The summed E-state index contributed by atoms with van der Waals surface area (Å²) in [6.45, 7) is 4.49. The molecule has 0 bridgehead atoms. The summed E-state index contributed by atoms with van der Waals surface area (Å²) in [6.07, 6.45) is 1.82. The van der Waals surface area contributed by atoms with Gasteiger partial charge in [-0.3, -0.25) is 4.79 Å². The standard InChI is InChI=1S/C31H36F3N5O2/c1-19(16-35-29(2)9-6-10-29)20-11-24-25(26(12-20)31(32,33)34)17-39(27(24)40)22-8-5-7-21(13-22)30(14-23(15-30)41-4)28-37-36-18-38(28)3/h5,7-8,11-13,18-19,23,35H,6,9-10,14-17H2,1-4H3. The molecule has 2 aromatic carbocycles. The molecule has 10 heteroatoms. The third-order valence-electron chi connectivity index (χ3n) is 9.57. The van der Waals surface area contributed by atoms with Crippen LogP contribution >= 0.6 is 0 Å². The number of nitrogens with zero attached hydrogens (tertiary/aromatic N) is 4. The van der Waals surface area contributed by atoms with E-state index in [9.17, 15) is 18.0 Å². The Labute approximate surface area is 238 Å². The van der Waals surface area contributed by atoms with Crippen LogP contribution in [0, 0.1) is 0 Å². The third kappa shape index (κ3) is 4.74. The van der Waals surface area contributed by atoms with Crippen molar-refractivity contribution in [2.24, 2.45) is 7.05 Å². The topological polar surface area (TPSA) is 72.3 Å². The first-order valence-electron chi connectivity index (χ1n) is 14.2. The van der Waals surface area contributed by atoms with Crippen molar-refractivity contribution in [2.75, 3.05) is 18.6 Å². The van der Waals surface area contributed by atoms with E-state index in [1.807, 2.05) is 36.7 Å². The fourth-order valence-corrected chi connectivity index (χ4v) is 6.70. The fourth-order valence-electron chi connectivity index (χ4n) is 6.70. The second-order valence-electron chi connectivity index (χ2n) is 12.3. The molecular formula is C31H36F3N5O2. The Morgan fingerprint density at radius 1 is 1.20 bits per heavy atom. The van der Waals surface area contributed by atoms with Crippen molar-refractivity contribution in [3.8, 4) is 0 Å². The van der Waals surface area contributed by atoms with Crippen LogP contribution in [0.3, 0.4) is 0 Å². The van der Waals surface area contributed by atoms with Gasteiger partial charge in [0.1, 0.15) is 12.2 Å². The number of carbonyl (C=O) groups is 1. The van der Waals surface area contributed by atoms with Crippen LogP contribution < -0.4 is 10.2 Å². The van der Waals surface area contributed by atoms with Crippen molar-refractivity contribution in [2.45, 2.75) is 81.6 Å².